The van der Waals surface area contributed by atoms with E-state index in [1.165, 1.54) is 29.5 Å². The Morgan fingerprint density at radius 3 is 2.61 bits per heavy atom. The zero-order valence-electron chi connectivity index (χ0n) is 14.0. The molecule has 0 unspecified atom stereocenters. The molecular weight excluding hydrogens is 286 g/mol. The van der Waals surface area contributed by atoms with Crippen LogP contribution in [0.15, 0.2) is 42.5 Å². The van der Waals surface area contributed by atoms with Gasteiger partial charge in [0.05, 0.1) is 6.61 Å². The third-order valence-corrected chi connectivity index (χ3v) is 4.12. The number of aryl methyl sites for hydroxylation is 1. The van der Waals surface area contributed by atoms with Crippen LogP contribution in [0.2, 0.25) is 0 Å². The second-order valence-electron chi connectivity index (χ2n) is 6.08. The van der Waals surface area contributed by atoms with E-state index < -0.39 is 0 Å². The van der Waals surface area contributed by atoms with Crippen molar-refractivity contribution in [3.05, 3.63) is 59.2 Å². The van der Waals surface area contributed by atoms with Gasteiger partial charge < -0.3 is 14.8 Å². The van der Waals surface area contributed by atoms with Gasteiger partial charge in [0, 0.05) is 12.6 Å². The summed E-state index contributed by atoms with van der Waals surface area (Å²) in [6.07, 6.45) is 2.60. The molecule has 1 aliphatic carbocycles. The fourth-order valence-corrected chi connectivity index (χ4v) is 2.53. The van der Waals surface area contributed by atoms with Gasteiger partial charge in [-0.3, -0.25) is 0 Å². The smallest absolute Gasteiger partial charge is 0.161 e. The molecule has 3 nitrogen and oxygen atoms in total. The summed E-state index contributed by atoms with van der Waals surface area (Å²) in [4.78, 5) is 0. The molecule has 2 aromatic rings. The van der Waals surface area contributed by atoms with Gasteiger partial charge in [-0.25, -0.2) is 0 Å². The highest BCUT2D eigenvalue weighted by Crippen LogP contribution is 2.30. The van der Waals surface area contributed by atoms with Crippen molar-refractivity contribution in [3.63, 3.8) is 0 Å². The molecule has 0 aromatic heterocycles. The molecular formula is C20H25NO2. The van der Waals surface area contributed by atoms with Gasteiger partial charge in [0.2, 0.25) is 0 Å². The molecule has 1 aliphatic rings. The summed E-state index contributed by atoms with van der Waals surface area (Å²) in [5.41, 5.74) is 3.69. The number of hydrogen-bond donors (Lipinski definition) is 1. The topological polar surface area (TPSA) is 30.5 Å². The minimum absolute atomic E-state index is 0.562. The average Bonchev–Trinajstić information content (AvgIpc) is 3.38. The van der Waals surface area contributed by atoms with Crippen LogP contribution >= 0.6 is 0 Å². The second-order valence-corrected chi connectivity index (χ2v) is 6.08. The zero-order chi connectivity index (χ0) is 16.1. The molecule has 0 bridgehead atoms. The molecule has 0 heterocycles. The van der Waals surface area contributed by atoms with Crippen molar-refractivity contribution in [3.8, 4) is 11.5 Å². The normalized spacial score (nSPS) is 13.8. The molecule has 23 heavy (non-hydrogen) atoms. The Balaban J connectivity index is 1.68. The SMILES string of the molecule is CCOc1cc(CNC2CC2)ccc1OCc1ccccc1C. The highest BCUT2D eigenvalue weighted by atomic mass is 16.5. The summed E-state index contributed by atoms with van der Waals surface area (Å²) in [6.45, 7) is 6.20. The molecule has 0 radical (unpaired) electrons. The van der Waals surface area contributed by atoms with Crippen LogP contribution < -0.4 is 14.8 Å². The van der Waals surface area contributed by atoms with E-state index in [1.807, 2.05) is 25.1 Å². The maximum atomic E-state index is 6.00. The molecule has 0 aliphatic heterocycles. The number of ether oxygens (including phenoxy) is 2. The quantitative estimate of drug-likeness (QED) is 0.791. The van der Waals surface area contributed by atoms with Gasteiger partial charge in [0.25, 0.3) is 0 Å². The zero-order valence-corrected chi connectivity index (χ0v) is 14.0. The Morgan fingerprint density at radius 1 is 1.04 bits per heavy atom. The fourth-order valence-electron chi connectivity index (χ4n) is 2.53. The van der Waals surface area contributed by atoms with Gasteiger partial charge in [0.1, 0.15) is 6.61 Å². The molecule has 1 N–H and O–H groups in total. The van der Waals surface area contributed by atoms with Crippen LogP contribution in [0.1, 0.15) is 36.5 Å². The lowest BCUT2D eigenvalue weighted by atomic mass is 10.1. The minimum Gasteiger partial charge on any atom is -0.490 e. The Morgan fingerprint density at radius 2 is 1.87 bits per heavy atom. The molecule has 1 saturated carbocycles. The Kier molecular flexibility index (Phi) is 5.19. The number of benzene rings is 2. The van der Waals surface area contributed by atoms with E-state index in [9.17, 15) is 0 Å². The standard InChI is InChI=1S/C20H25NO2/c1-3-22-20-12-16(13-21-18-9-10-18)8-11-19(20)23-14-17-7-5-4-6-15(17)2/h4-8,11-12,18,21H,3,9-10,13-14H2,1-2H3. The number of rotatable bonds is 8. The first-order chi connectivity index (χ1) is 11.3. The van der Waals surface area contributed by atoms with E-state index in [4.69, 9.17) is 9.47 Å². The molecule has 0 spiro atoms. The fraction of sp³-hybridized carbons (Fsp3) is 0.400. The second kappa shape index (κ2) is 7.51. The molecule has 122 valence electrons. The van der Waals surface area contributed by atoms with Crippen molar-refractivity contribution in [1.82, 2.24) is 5.32 Å². The lowest BCUT2D eigenvalue weighted by Crippen LogP contribution is -2.15. The predicted molar refractivity (Wildman–Crippen MR) is 93.0 cm³/mol. The van der Waals surface area contributed by atoms with Crippen LogP contribution in [-0.4, -0.2) is 12.6 Å². The Hall–Kier alpha value is -2.00. The van der Waals surface area contributed by atoms with Crippen molar-refractivity contribution in [2.75, 3.05) is 6.61 Å². The maximum Gasteiger partial charge on any atom is 0.161 e. The van der Waals surface area contributed by atoms with Gasteiger partial charge in [-0.1, -0.05) is 30.3 Å². The van der Waals surface area contributed by atoms with E-state index in [0.717, 1.165) is 18.0 Å². The van der Waals surface area contributed by atoms with Crippen LogP contribution in [0.3, 0.4) is 0 Å². The average molecular weight is 311 g/mol. The van der Waals surface area contributed by atoms with Crippen LogP contribution in [0, 0.1) is 6.92 Å². The summed E-state index contributed by atoms with van der Waals surface area (Å²) in [5.74, 6) is 1.64. The van der Waals surface area contributed by atoms with Crippen LogP contribution in [0.25, 0.3) is 0 Å². The predicted octanol–water partition coefficient (Wildman–Crippen LogP) is 4.22. The summed E-state index contributed by atoms with van der Waals surface area (Å²) < 4.78 is 11.8. The van der Waals surface area contributed by atoms with Gasteiger partial charge in [0.15, 0.2) is 11.5 Å². The first kappa shape index (κ1) is 15.9. The van der Waals surface area contributed by atoms with Crippen LogP contribution in [-0.2, 0) is 13.2 Å². The third-order valence-electron chi connectivity index (χ3n) is 4.12. The number of hydrogen-bond acceptors (Lipinski definition) is 3. The summed E-state index contributed by atoms with van der Waals surface area (Å²) in [5, 5.41) is 3.53. The van der Waals surface area contributed by atoms with Crippen molar-refractivity contribution < 1.29 is 9.47 Å². The van der Waals surface area contributed by atoms with E-state index >= 15 is 0 Å². The van der Waals surface area contributed by atoms with Gasteiger partial charge >= 0.3 is 0 Å². The summed E-state index contributed by atoms with van der Waals surface area (Å²) in [6, 6.07) is 15.2. The monoisotopic (exact) mass is 311 g/mol. The van der Waals surface area contributed by atoms with Crippen molar-refractivity contribution >= 4 is 0 Å². The van der Waals surface area contributed by atoms with Crippen LogP contribution in [0.4, 0.5) is 0 Å². The molecule has 3 rings (SSSR count). The first-order valence-corrected chi connectivity index (χ1v) is 8.42. The molecule has 0 atom stereocenters. The lowest BCUT2D eigenvalue weighted by molar-refractivity contribution is 0.268. The van der Waals surface area contributed by atoms with Crippen molar-refractivity contribution in [1.29, 1.82) is 0 Å². The largest absolute Gasteiger partial charge is 0.490 e. The van der Waals surface area contributed by atoms with Gasteiger partial charge in [-0.05, 0) is 55.5 Å². The third kappa shape index (κ3) is 4.49. The maximum absolute atomic E-state index is 6.00. The van der Waals surface area contributed by atoms with E-state index in [2.05, 4.69) is 36.5 Å². The van der Waals surface area contributed by atoms with E-state index in [-0.39, 0.29) is 0 Å². The molecule has 1 fully saturated rings. The highest BCUT2D eigenvalue weighted by Gasteiger charge is 2.20. The molecule has 3 heteroatoms. The minimum atomic E-state index is 0.562. The van der Waals surface area contributed by atoms with Gasteiger partial charge in [-0.15, -0.1) is 0 Å². The van der Waals surface area contributed by atoms with E-state index in [0.29, 0.717) is 19.3 Å². The molecule has 0 saturated heterocycles. The highest BCUT2D eigenvalue weighted by molar-refractivity contribution is 5.43. The van der Waals surface area contributed by atoms with Crippen molar-refractivity contribution in [2.45, 2.75) is 45.9 Å². The van der Waals surface area contributed by atoms with Crippen molar-refractivity contribution in [2.24, 2.45) is 0 Å². The first-order valence-electron chi connectivity index (χ1n) is 8.42. The molecule has 2 aromatic carbocycles. The van der Waals surface area contributed by atoms with Crippen LogP contribution in [0.5, 0.6) is 11.5 Å². The van der Waals surface area contributed by atoms with E-state index in [1.54, 1.807) is 0 Å². The number of nitrogens with one attached hydrogen (secondary N) is 1. The van der Waals surface area contributed by atoms with Gasteiger partial charge in [-0.2, -0.15) is 0 Å². The lowest BCUT2D eigenvalue weighted by Gasteiger charge is -2.14. The summed E-state index contributed by atoms with van der Waals surface area (Å²) in [7, 11) is 0. The summed E-state index contributed by atoms with van der Waals surface area (Å²) >= 11 is 0. The molecule has 0 amide bonds. The Labute approximate surface area is 138 Å². The Bertz CT molecular complexity index is 650.